The molecule has 0 unspecified atom stereocenters. The van der Waals surface area contributed by atoms with Gasteiger partial charge in [0.25, 0.3) is 0 Å². The molecular weight excluding hydrogens is 306 g/mol. The molecule has 0 saturated heterocycles. The molecule has 0 fully saturated rings. The Morgan fingerprint density at radius 3 is 2.46 bits per heavy atom. The Morgan fingerprint density at radius 2 is 1.75 bits per heavy atom. The Balaban J connectivity index is 1.81. The molecule has 0 radical (unpaired) electrons. The molecule has 0 atom stereocenters. The van der Waals surface area contributed by atoms with E-state index in [2.05, 4.69) is 4.90 Å². The van der Waals surface area contributed by atoms with Crippen molar-refractivity contribution in [1.82, 2.24) is 4.90 Å². The summed E-state index contributed by atoms with van der Waals surface area (Å²) in [5.41, 5.74) is 3.48. The molecule has 128 valence electrons. The van der Waals surface area contributed by atoms with Gasteiger partial charge in [0.2, 0.25) is 0 Å². The summed E-state index contributed by atoms with van der Waals surface area (Å²) < 4.78 is 16.0. The van der Waals surface area contributed by atoms with E-state index in [0.717, 1.165) is 43.1 Å². The van der Waals surface area contributed by atoms with E-state index >= 15 is 0 Å². The number of nitrogens with zero attached hydrogens (tertiary/aromatic N) is 1. The van der Waals surface area contributed by atoms with Crippen LogP contribution in [-0.4, -0.2) is 37.9 Å². The minimum Gasteiger partial charge on any atom is -0.504 e. The molecule has 2 aromatic rings. The summed E-state index contributed by atoms with van der Waals surface area (Å²) in [6, 6.07) is 9.61. The smallest absolute Gasteiger partial charge is 0.160 e. The van der Waals surface area contributed by atoms with Crippen molar-refractivity contribution in [3.63, 3.8) is 0 Å². The van der Waals surface area contributed by atoms with Crippen LogP contribution in [-0.2, 0) is 19.5 Å². The van der Waals surface area contributed by atoms with Gasteiger partial charge in [-0.2, -0.15) is 0 Å². The van der Waals surface area contributed by atoms with Gasteiger partial charge in [-0.05, 0) is 47.9 Å². The zero-order valence-electron chi connectivity index (χ0n) is 14.3. The normalized spacial score (nSPS) is 14.1. The highest BCUT2D eigenvalue weighted by atomic mass is 16.5. The van der Waals surface area contributed by atoms with Gasteiger partial charge in [-0.1, -0.05) is 0 Å². The lowest BCUT2D eigenvalue weighted by Gasteiger charge is -2.29. The Hall–Kier alpha value is -2.40. The molecule has 0 aliphatic carbocycles. The van der Waals surface area contributed by atoms with Gasteiger partial charge >= 0.3 is 0 Å². The fraction of sp³-hybridized carbons (Fsp3) is 0.368. The van der Waals surface area contributed by atoms with Gasteiger partial charge in [0.05, 0.1) is 21.3 Å². The summed E-state index contributed by atoms with van der Waals surface area (Å²) in [6.45, 7) is 2.52. The number of hydrogen-bond acceptors (Lipinski definition) is 5. The predicted octanol–water partition coefficient (Wildman–Crippen LogP) is 2.98. The standard InChI is InChI=1S/C19H23NO4/c1-22-16-4-5-18(23-2)15(8-16)12-20-7-6-13-9-17(21)19(24-3)10-14(13)11-20/h4-5,8-10,21H,6-7,11-12H2,1-3H3. The molecule has 0 spiro atoms. The van der Waals surface area contributed by atoms with Crippen LogP contribution in [0.4, 0.5) is 0 Å². The summed E-state index contributed by atoms with van der Waals surface area (Å²) in [5, 5.41) is 9.92. The van der Waals surface area contributed by atoms with E-state index in [-0.39, 0.29) is 5.75 Å². The predicted molar refractivity (Wildman–Crippen MR) is 92.0 cm³/mol. The van der Waals surface area contributed by atoms with Crippen molar-refractivity contribution in [2.45, 2.75) is 19.5 Å². The van der Waals surface area contributed by atoms with Crippen LogP contribution in [0.3, 0.4) is 0 Å². The quantitative estimate of drug-likeness (QED) is 0.914. The number of methoxy groups -OCH3 is 3. The molecule has 0 bridgehead atoms. The Morgan fingerprint density at radius 1 is 0.958 bits per heavy atom. The van der Waals surface area contributed by atoms with Gasteiger partial charge in [-0.3, -0.25) is 4.90 Å². The Bertz CT molecular complexity index is 730. The molecule has 3 rings (SSSR count). The number of phenolic OH excluding ortho intramolecular Hbond substituents is 1. The monoisotopic (exact) mass is 329 g/mol. The molecule has 1 aliphatic rings. The SMILES string of the molecule is COc1ccc(OC)c(CN2CCc3cc(O)c(OC)cc3C2)c1. The summed E-state index contributed by atoms with van der Waals surface area (Å²) in [4.78, 5) is 2.36. The number of benzene rings is 2. The second kappa shape index (κ2) is 7.01. The van der Waals surface area contributed by atoms with Gasteiger partial charge in [0.15, 0.2) is 11.5 Å². The van der Waals surface area contributed by atoms with E-state index in [9.17, 15) is 5.11 Å². The molecule has 5 heteroatoms. The molecule has 2 aromatic carbocycles. The van der Waals surface area contributed by atoms with Crippen LogP contribution < -0.4 is 14.2 Å². The number of ether oxygens (including phenoxy) is 3. The first kappa shape index (κ1) is 16.5. The van der Waals surface area contributed by atoms with E-state index in [1.54, 1.807) is 21.3 Å². The van der Waals surface area contributed by atoms with Crippen LogP contribution in [0.5, 0.6) is 23.0 Å². The van der Waals surface area contributed by atoms with Crippen LogP contribution >= 0.6 is 0 Å². The van der Waals surface area contributed by atoms with E-state index < -0.39 is 0 Å². The molecule has 1 heterocycles. The van der Waals surface area contributed by atoms with E-state index in [1.807, 2.05) is 30.3 Å². The van der Waals surface area contributed by atoms with Crippen LogP contribution in [0, 0.1) is 0 Å². The zero-order valence-corrected chi connectivity index (χ0v) is 14.3. The number of hydrogen-bond donors (Lipinski definition) is 1. The third-order valence-corrected chi connectivity index (χ3v) is 4.47. The van der Waals surface area contributed by atoms with Crippen molar-refractivity contribution >= 4 is 0 Å². The van der Waals surface area contributed by atoms with E-state index in [0.29, 0.717) is 5.75 Å². The first-order chi connectivity index (χ1) is 11.6. The van der Waals surface area contributed by atoms with Crippen molar-refractivity contribution in [1.29, 1.82) is 0 Å². The van der Waals surface area contributed by atoms with Crippen molar-refractivity contribution in [3.05, 3.63) is 47.0 Å². The summed E-state index contributed by atoms with van der Waals surface area (Å²) in [6.07, 6.45) is 0.902. The molecule has 0 amide bonds. The maximum absolute atomic E-state index is 9.92. The van der Waals surface area contributed by atoms with Gasteiger partial charge in [-0.25, -0.2) is 0 Å². The highest BCUT2D eigenvalue weighted by Crippen LogP contribution is 2.33. The molecule has 1 N–H and O–H groups in total. The third kappa shape index (κ3) is 3.26. The zero-order chi connectivity index (χ0) is 17.1. The lowest BCUT2D eigenvalue weighted by atomic mass is 9.98. The molecule has 24 heavy (non-hydrogen) atoms. The Labute approximate surface area is 142 Å². The second-order valence-corrected chi connectivity index (χ2v) is 5.93. The molecule has 1 aliphatic heterocycles. The van der Waals surface area contributed by atoms with Crippen LogP contribution in [0.25, 0.3) is 0 Å². The Kier molecular flexibility index (Phi) is 4.81. The van der Waals surface area contributed by atoms with Crippen LogP contribution in [0.2, 0.25) is 0 Å². The highest BCUT2D eigenvalue weighted by Gasteiger charge is 2.20. The summed E-state index contributed by atoms with van der Waals surface area (Å²) >= 11 is 0. The molecular formula is C19H23NO4. The van der Waals surface area contributed by atoms with Gasteiger partial charge < -0.3 is 19.3 Å². The van der Waals surface area contributed by atoms with Gasteiger partial charge in [-0.15, -0.1) is 0 Å². The fourth-order valence-corrected chi connectivity index (χ4v) is 3.18. The number of aromatic hydroxyl groups is 1. The minimum atomic E-state index is 0.208. The van der Waals surface area contributed by atoms with E-state index in [4.69, 9.17) is 14.2 Å². The third-order valence-electron chi connectivity index (χ3n) is 4.47. The first-order valence-corrected chi connectivity index (χ1v) is 7.96. The lowest BCUT2D eigenvalue weighted by Crippen LogP contribution is -2.30. The number of fused-ring (bicyclic) bond motifs is 1. The fourth-order valence-electron chi connectivity index (χ4n) is 3.18. The number of rotatable bonds is 5. The molecule has 0 aromatic heterocycles. The number of phenols is 1. The molecule has 5 nitrogen and oxygen atoms in total. The largest absolute Gasteiger partial charge is 0.504 e. The first-order valence-electron chi connectivity index (χ1n) is 7.96. The van der Waals surface area contributed by atoms with Crippen LogP contribution in [0.15, 0.2) is 30.3 Å². The second-order valence-electron chi connectivity index (χ2n) is 5.93. The lowest BCUT2D eigenvalue weighted by molar-refractivity contribution is 0.240. The van der Waals surface area contributed by atoms with Crippen LogP contribution in [0.1, 0.15) is 16.7 Å². The van der Waals surface area contributed by atoms with Crippen molar-refractivity contribution in [3.8, 4) is 23.0 Å². The van der Waals surface area contributed by atoms with Crippen molar-refractivity contribution in [2.75, 3.05) is 27.9 Å². The summed E-state index contributed by atoms with van der Waals surface area (Å²) in [5.74, 6) is 2.42. The molecule has 0 saturated carbocycles. The van der Waals surface area contributed by atoms with Gasteiger partial charge in [0, 0.05) is 25.2 Å². The van der Waals surface area contributed by atoms with E-state index in [1.165, 1.54) is 11.1 Å². The average molecular weight is 329 g/mol. The minimum absolute atomic E-state index is 0.208. The summed E-state index contributed by atoms with van der Waals surface area (Å²) in [7, 11) is 4.93. The van der Waals surface area contributed by atoms with Crippen molar-refractivity contribution in [2.24, 2.45) is 0 Å². The average Bonchev–Trinajstić information content (AvgIpc) is 2.61. The maximum atomic E-state index is 9.92. The maximum Gasteiger partial charge on any atom is 0.160 e. The van der Waals surface area contributed by atoms with Crippen molar-refractivity contribution < 1.29 is 19.3 Å². The topological polar surface area (TPSA) is 51.2 Å². The highest BCUT2D eigenvalue weighted by molar-refractivity contribution is 5.47. The van der Waals surface area contributed by atoms with Gasteiger partial charge in [0.1, 0.15) is 11.5 Å².